The van der Waals surface area contributed by atoms with Crippen LogP contribution >= 0.6 is 34.3 Å². The first-order valence-corrected chi connectivity index (χ1v) is 10.3. The van der Waals surface area contributed by atoms with Crippen LogP contribution in [0.5, 0.6) is 0 Å². The van der Waals surface area contributed by atoms with E-state index in [2.05, 4.69) is 10.3 Å². The van der Waals surface area contributed by atoms with Crippen LogP contribution in [0.15, 0.2) is 58.3 Å². The summed E-state index contributed by atoms with van der Waals surface area (Å²) in [6, 6.07) is 11.2. The maximum absolute atomic E-state index is 12.9. The molecule has 136 valence electrons. The molecule has 0 aliphatic carbocycles. The Morgan fingerprint density at radius 2 is 2.00 bits per heavy atom. The Kier molecular flexibility index (Phi) is 5.07. The zero-order chi connectivity index (χ0) is 18.8. The first kappa shape index (κ1) is 17.9. The highest BCUT2D eigenvalue weighted by Crippen LogP contribution is 2.31. The van der Waals surface area contributed by atoms with E-state index in [9.17, 15) is 9.59 Å². The van der Waals surface area contributed by atoms with Crippen molar-refractivity contribution in [3.05, 3.63) is 73.7 Å². The normalized spacial score (nSPS) is 11.0. The van der Waals surface area contributed by atoms with Gasteiger partial charge < -0.3 is 5.32 Å². The van der Waals surface area contributed by atoms with Gasteiger partial charge in [0, 0.05) is 20.8 Å². The third-order valence-electron chi connectivity index (χ3n) is 4.07. The largest absolute Gasteiger partial charge is 0.350 e. The number of amides is 1. The molecular formula is C19H14ClN3O2S2. The Morgan fingerprint density at radius 1 is 1.19 bits per heavy atom. The van der Waals surface area contributed by atoms with E-state index < -0.39 is 0 Å². The van der Waals surface area contributed by atoms with E-state index >= 15 is 0 Å². The number of nitrogens with zero attached hydrogens (tertiary/aromatic N) is 2. The highest BCUT2D eigenvalue weighted by atomic mass is 35.5. The number of rotatable bonds is 5. The molecule has 1 N–H and O–H groups in total. The summed E-state index contributed by atoms with van der Waals surface area (Å²) in [5.41, 5.74) is 1.47. The molecule has 0 saturated heterocycles. The topological polar surface area (TPSA) is 64.0 Å². The minimum Gasteiger partial charge on any atom is -0.350 e. The average molecular weight is 416 g/mol. The third kappa shape index (κ3) is 3.80. The Hall–Kier alpha value is -2.48. The fraction of sp³-hybridized carbons (Fsp3) is 0.105. The molecule has 0 aliphatic heterocycles. The fourth-order valence-electron chi connectivity index (χ4n) is 2.73. The molecule has 1 amide bonds. The number of hydrogen-bond acceptors (Lipinski definition) is 5. The molecule has 0 fully saturated rings. The maximum Gasteiger partial charge on any atom is 0.263 e. The Labute approximate surface area is 167 Å². The van der Waals surface area contributed by atoms with Crippen LogP contribution in [0.2, 0.25) is 5.02 Å². The van der Waals surface area contributed by atoms with Crippen LogP contribution in [-0.4, -0.2) is 15.5 Å². The molecule has 0 aliphatic rings. The van der Waals surface area contributed by atoms with E-state index in [1.807, 2.05) is 35.0 Å². The lowest BCUT2D eigenvalue weighted by Gasteiger charge is -2.07. The van der Waals surface area contributed by atoms with Gasteiger partial charge in [-0.05, 0) is 29.1 Å². The summed E-state index contributed by atoms with van der Waals surface area (Å²) in [5, 5.41) is 7.85. The van der Waals surface area contributed by atoms with Crippen molar-refractivity contribution in [3.63, 3.8) is 0 Å². The summed E-state index contributed by atoms with van der Waals surface area (Å²) in [4.78, 5) is 31.2. The summed E-state index contributed by atoms with van der Waals surface area (Å²) in [6.45, 7) is 0.387. The molecule has 0 saturated carbocycles. The SMILES string of the molecule is O=C(Cn1cnc2scc(-c3ccc(Cl)cc3)c2c1=O)NCc1cccs1. The summed E-state index contributed by atoms with van der Waals surface area (Å²) >= 11 is 8.93. The van der Waals surface area contributed by atoms with Crippen LogP contribution in [0.1, 0.15) is 4.88 Å². The van der Waals surface area contributed by atoms with E-state index in [0.717, 1.165) is 16.0 Å². The number of nitrogens with one attached hydrogen (secondary N) is 1. The lowest BCUT2D eigenvalue weighted by molar-refractivity contribution is -0.121. The number of carbonyl (C=O) groups is 1. The molecule has 0 radical (unpaired) electrons. The lowest BCUT2D eigenvalue weighted by atomic mass is 10.1. The van der Waals surface area contributed by atoms with E-state index in [1.54, 1.807) is 23.5 Å². The predicted molar refractivity (Wildman–Crippen MR) is 110 cm³/mol. The zero-order valence-electron chi connectivity index (χ0n) is 14.0. The lowest BCUT2D eigenvalue weighted by Crippen LogP contribution is -2.31. The average Bonchev–Trinajstić information content (AvgIpc) is 3.33. The summed E-state index contributed by atoms with van der Waals surface area (Å²) in [6.07, 6.45) is 1.43. The van der Waals surface area contributed by atoms with Crippen LogP contribution in [0, 0.1) is 0 Å². The van der Waals surface area contributed by atoms with Crippen molar-refractivity contribution < 1.29 is 4.79 Å². The van der Waals surface area contributed by atoms with E-state index in [4.69, 9.17) is 11.6 Å². The zero-order valence-corrected chi connectivity index (χ0v) is 16.4. The molecule has 4 aromatic rings. The molecular weight excluding hydrogens is 402 g/mol. The van der Waals surface area contributed by atoms with Gasteiger partial charge in [0.2, 0.25) is 5.91 Å². The summed E-state index contributed by atoms with van der Waals surface area (Å²) in [7, 11) is 0. The molecule has 8 heteroatoms. The third-order valence-corrected chi connectivity index (χ3v) is 6.08. The molecule has 0 bridgehead atoms. The van der Waals surface area contributed by atoms with Gasteiger partial charge in [-0.2, -0.15) is 0 Å². The number of fused-ring (bicyclic) bond motifs is 1. The summed E-state index contributed by atoms with van der Waals surface area (Å²) in [5.74, 6) is -0.227. The molecule has 3 aromatic heterocycles. The van der Waals surface area contributed by atoms with Gasteiger partial charge in [0.25, 0.3) is 5.56 Å². The van der Waals surface area contributed by atoms with Crippen LogP contribution in [0.25, 0.3) is 21.3 Å². The monoisotopic (exact) mass is 415 g/mol. The van der Waals surface area contributed by atoms with Gasteiger partial charge in [0.1, 0.15) is 11.4 Å². The van der Waals surface area contributed by atoms with Gasteiger partial charge >= 0.3 is 0 Å². The van der Waals surface area contributed by atoms with Crippen LogP contribution in [0.3, 0.4) is 0 Å². The van der Waals surface area contributed by atoms with Crippen molar-refractivity contribution >= 4 is 50.4 Å². The van der Waals surface area contributed by atoms with Crippen molar-refractivity contribution in [2.24, 2.45) is 0 Å². The number of thiophene rings is 2. The molecule has 27 heavy (non-hydrogen) atoms. The van der Waals surface area contributed by atoms with Crippen molar-refractivity contribution in [2.45, 2.75) is 13.1 Å². The van der Waals surface area contributed by atoms with Gasteiger partial charge in [0.15, 0.2) is 0 Å². The van der Waals surface area contributed by atoms with Crippen molar-refractivity contribution in [1.29, 1.82) is 0 Å². The van der Waals surface area contributed by atoms with Crippen LogP contribution < -0.4 is 10.9 Å². The predicted octanol–water partition coefficient (Wildman–Crippen LogP) is 4.16. The van der Waals surface area contributed by atoms with Crippen molar-refractivity contribution in [1.82, 2.24) is 14.9 Å². The molecule has 4 rings (SSSR count). The second kappa shape index (κ2) is 7.64. The van der Waals surface area contributed by atoms with Gasteiger partial charge in [-0.25, -0.2) is 4.98 Å². The van der Waals surface area contributed by atoms with E-state index in [1.165, 1.54) is 22.2 Å². The molecule has 0 spiro atoms. The van der Waals surface area contributed by atoms with Gasteiger partial charge in [-0.15, -0.1) is 22.7 Å². The Bertz CT molecular complexity index is 1150. The van der Waals surface area contributed by atoms with Gasteiger partial charge in [0.05, 0.1) is 18.3 Å². The van der Waals surface area contributed by atoms with E-state index in [-0.39, 0.29) is 18.0 Å². The van der Waals surface area contributed by atoms with Gasteiger partial charge in [-0.1, -0.05) is 29.8 Å². The second-order valence-corrected chi connectivity index (χ2v) is 8.20. The maximum atomic E-state index is 12.9. The number of carbonyl (C=O) groups excluding carboxylic acids is 1. The minimum atomic E-state index is -0.227. The molecule has 5 nitrogen and oxygen atoms in total. The van der Waals surface area contributed by atoms with Crippen LogP contribution in [0.4, 0.5) is 0 Å². The molecule has 0 unspecified atom stereocenters. The second-order valence-electron chi connectivity index (χ2n) is 5.87. The first-order chi connectivity index (χ1) is 13.1. The van der Waals surface area contributed by atoms with Crippen molar-refractivity contribution in [2.75, 3.05) is 0 Å². The molecule has 0 atom stereocenters. The Balaban J connectivity index is 1.61. The van der Waals surface area contributed by atoms with E-state index in [0.29, 0.717) is 21.8 Å². The quantitative estimate of drug-likeness (QED) is 0.532. The highest BCUT2D eigenvalue weighted by molar-refractivity contribution is 7.17. The number of halogens is 1. The minimum absolute atomic E-state index is 0.0664. The van der Waals surface area contributed by atoms with Crippen LogP contribution in [-0.2, 0) is 17.9 Å². The first-order valence-electron chi connectivity index (χ1n) is 8.13. The molecule has 1 aromatic carbocycles. The smallest absolute Gasteiger partial charge is 0.263 e. The summed E-state index contributed by atoms with van der Waals surface area (Å²) < 4.78 is 1.35. The van der Waals surface area contributed by atoms with Crippen molar-refractivity contribution in [3.8, 4) is 11.1 Å². The highest BCUT2D eigenvalue weighted by Gasteiger charge is 2.14. The Morgan fingerprint density at radius 3 is 2.74 bits per heavy atom. The number of hydrogen-bond donors (Lipinski definition) is 1. The molecule has 3 heterocycles. The number of benzene rings is 1. The standard InChI is InChI=1S/C19H14ClN3O2S2/c20-13-5-3-12(4-6-13)15-10-27-18-17(15)19(25)23(11-22-18)9-16(24)21-8-14-2-1-7-26-14/h1-7,10-11H,8-9H2,(H,21,24). The number of aromatic nitrogens is 2. The van der Waals surface area contributed by atoms with Gasteiger partial charge in [-0.3, -0.25) is 14.2 Å². The fourth-order valence-corrected chi connectivity index (χ4v) is 4.41.